The quantitative estimate of drug-likeness (QED) is 0.936. The molecule has 1 aliphatic rings. The highest BCUT2D eigenvalue weighted by atomic mass is 32.1. The van der Waals surface area contributed by atoms with Crippen molar-refractivity contribution in [3.63, 3.8) is 0 Å². The topological polar surface area (TPSA) is 56.2 Å². The third kappa shape index (κ3) is 2.54. The van der Waals surface area contributed by atoms with Gasteiger partial charge < -0.3 is 10.1 Å². The first-order valence-electron chi connectivity index (χ1n) is 6.29. The molecule has 0 saturated heterocycles. The number of carbonyl (C=O) groups excluding carboxylic acids is 1. The highest BCUT2D eigenvalue weighted by Gasteiger charge is 2.17. The van der Waals surface area contributed by atoms with E-state index in [0.717, 1.165) is 35.7 Å². The highest BCUT2D eigenvalue weighted by Crippen LogP contribution is 2.27. The Kier molecular flexibility index (Phi) is 3.35. The van der Waals surface area contributed by atoms with E-state index in [1.807, 2.05) is 19.2 Å². The van der Waals surface area contributed by atoms with Crippen molar-refractivity contribution < 1.29 is 9.53 Å². The van der Waals surface area contributed by atoms with E-state index in [9.17, 15) is 4.79 Å². The molecule has 0 bridgehead atoms. The van der Waals surface area contributed by atoms with Gasteiger partial charge in [0.15, 0.2) is 0 Å². The number of ether oxygens (including phenoxy) is 1. The maximum absolute atomic E-state index is 12.2. The van der Waals surface area contributed by atoms with Crippen LogP contribution in [0.15, 0.2) is 18.5 Å². The Morgan fingerprint density at radius 2 is 2.53 bits per heavy atom. The van der Waals surface area contributed by atoms with Crippen molar-refractivity contribution >= 4 is 22.9 Å². The normalized spacial score (nSPS) is 14.2. The van der Waals surface area contributed by atoms with Gasteiger partial charge >= 0.3 is 0 Å². The molecule has 1 amide bonds. The Labute approximate surface area is 115 Å². The Bertz CT molecular complexity index is 579. The number of hydrogen-bond acceptors (Lipinski definition) is 4. The maximum Gasteiger partial charge on any atom is 0.265 e. The number of aromatic nitrogens is 2. The number of aryl methyl sites for hydroxylation is 1. The van der Waals surface area contributed by atoms with Crippen LogP contribution in [0.5, 0.6) is 0 Å². The van der Waals surface area contributed by atoms with Gasteiger partial charge in [0.1, 0.15) is 0 Å². The van der Waals surface area contributed by atoms with Crippen LogP contribution in [0, 0.1) is 0 Å². The minimum atomic E-state index is -0.0740. The number of hydrogen-bond donors (Lipinski definition) is 1. The smallest absolute Gasteiger partial charge is 0.265 e. The largest absolute Gasteiger partial charge is 0.376 e. The Hall–Kier alpha value is -1.66. The van der Waals surface area contributed by atoms with Crippen molar-refractivity contribution in [2.24, 2.45) is 0 Å². The lowest BCUT2D eigenvalue weighted by Crippen LogP contribution is -2.09. The molecular weight excluding hydrogens is 262 g/mol. The van der Waals surface area contributed by atoms with Gasteiger partial charge in [0, 0.05) is 24.0 Å². The molecule has 1 aliphatic heterocycles. The molecule has 3 rings (SSSR count). The van der Waals surface area contributed by atoms with Gasteiger partial charge in [-0.15, -0.1) is 11.3 Å². The summed E-state index contributed by atoms with van der Waals surface area (Å²) in [6.07, 6.45) is 4.40. The number of nitrogens with zero attached hydrogens (tertiary/aromatic N) is 2. The van der Waals surface area contributed by atoms with Crippen molar-refractivity contribution in [3.05, 3.63) is 33.8 Å². The zero-order valence-electron chi connectivity index (χ0n) is 10.7. The minimum Gasteiger partial charge on any atom is -0.376 e. The Morgan fingerprint density at radius 1 is 1.63 bits per heavy atom. The van der Waals surface area contributed by atoms with E-state index in [2.05, 4.69) is 10.4 Å². The van der Waals surface area contributed by atoms with Crippen molar-refractivity contribution in [1.29, 1.82) is 0 Å². The SMILES string of the molecule is CCn1cc(NC(=O)c2cc3c(s2)CCOC3)cn1. The summed E-state index contributed by atoms with van der Waals surface area (Å²) in [6, 6.07) is 1.93. The second-order valence-corrected chi connectivity index (χ2v) is 5.54. The number of carbonyl (C=O) groups is 1. The Balaban J connectivity index is 1.74. The van der Waals surface area contributed by atoms with Crippen molar-refractivity contribution in [3.8, 4) is 0 Å². The van der Waals surface area contributed by atoms with Crippen LogP contribution in [0.2, 0.25) is 0 Å². The summed E-state index contributed by atoms with van der Waals surface area (Å²) in [4.78, 5) is 14.2. The summed E-state index contributed by atoms with van der Waals surface area (Å²) in [7, 11) is 0. The summed E-state index contributed by atoms with van der Waals surface area (Å²) in [5.41, 5.74) is 1.88. The van der Waals surface area contributed by atoms with Crippen LogP contribution < -0.4 is 5.32 Å². The number of anilines is 1. The van der Waals surface area contributed by atoms with Gasteiger partial charge in [-0.3, -0.25) is 9.48 Å². The van der Waals surface area contributed by atoms with E-state index < -0.39 is 0 Å². The molecular formula is C13H15N3O2S. The van der Waals surface area contributed by atoms with Crippen LogP contribution in [0.1, 0.15) is 27.0 Å². The second-order valence-electron chi connectivity index (χ2n) is 4.40. The third-order valence-electron chi connectivity index (χ3n) is 3.07. The van der Waals surface area contributed by atoms with E-state index in [1.165, 1.54) is 4.88 Å². The zero-order chi connectivity index (χ0) is 13.2. The van der Waals surface area contributed by atoms with Gasteiger partial charge in [-0.1, -0.05) is 0 Å². The van der Waals surface area contributed by atoms with Crippen LogP contribution in [0.4, 0.5) is 5.69 Å². The van der Waals surface area contributed by atoms with Crippen molar-refractivity contribution in [2.45, 2.75) is 26.5 Å². The monoisotopic (exact) mass is 277 g/mol. The first-order chi connectivity index (χ1) is 9.26. The van der Waals surface area contributed by atoms with Gasteiger partial charge in [0.05, 0.1) is 30.0 Å². The molecule has 100 valence electrons. The van der Waals surface area contributed by atoms with E-state index in [1.54, 1.807) is 22.2 Å². The number of amides is 1. The molecule has 0 saturated carbocycles. The van der Waals surface area contributed by atoms with E-state index in [0.29, 0.717) is 6.61 Å². The summed E-state index contributed by atoms with van der Waals surface area (Å²) in [5, 5.41) is 7.00. The molecule has 6 heteroatoms. The van der Waals surface area contributed by atoms with Crippen LogP contribution in [0.3, 0.4) is 0 Å². The third-order valence-corrected chi connectivity index (χ3v) is 4.30. The summed E-state index contributed by atoms with van der Waals surface area (Å²) >= 11 is 1.56. The first-order valence-corrected chi connectivity index (χ1v) is 7.11. The lowest BCUT2D eigenvalue weighted by atomic mass is 10.2. The number of fused-ring (bicyclic) bond motifs is 1. The average molecular weight is 277 g/mol. The van der Waals surface area contributed by atoms with E-state index in [-0.39, 0.29) is 5.91 Å². The summed E-state index contributed by atoms with van der Waals surface area (Å²) in [6.45, 7) is 4.16. The molecule has 0 spiro atoms. The molecule has 0 aromatic carbocycles. The van der Waals surface area contributed by atoms with Crippen molar-refractivity contribution in [1.82, 2.24) is 9.78 Å². The van der Waals surface area contributed by atoms with Crippen LogP contribution >= 0.6 is 11.3 Å². The molecule has 1 N–H and O–H groups in total. The molecule has 2 aromatic rings. The zero-order valence-corrected chi connectivity index (χ0v) is 11.5. The van der Waals surface area contributed by atoms with E-state index in [4.69, 9.17) is 4.74 Å². The predicted octanol–water partition coefficient (Wildman–Crippen LogP) is 2.29. The van der Waals surface area contributed by atoms with E-state index >= 15 is 0 Å². The molecule has 0 atom stereocenters. The van der Waals surface area contributed by atoms with Gasteiger partial charge in [0.25, 0.3) is 5.91 Å². The minimum absolute atomic E-state index is 0.0740. The van der Waals surface area contributed by atoms with Crippen LogP contribution in [0.25, 0.3) is 0 Å². The lowest BCUT2D eigenvalue weighted by Gasteiger charge is -2.10. The summed E-state index contributed by atoms with van der Waals surface area (Å²) < 4.78 is 7.17. The summed E-state index contributed by atoms with van der Waals surface area (Å²) in [5.74, 6) is -0.0740. The average Bonchev–Trinajstić information content (AvgIpc) is 3.04. The van der Waals surface area contributed by atoms with Gasteiger partial charge in [-0.2, -0.15) is 5.10 Å². The highest BCUT2D eigenvalue weighted by molar-refractivity contribution is 7.14. The lowest BCUT2D eigenvalue weighted by molar-refractivity contribution is 0.102. The number of nitrogens with one attached hydrogen (secondary N) is 1. The molecule has 0 fully saturated rings. The number of rotatable bonds is 3. The molecule has 2 aromatic heterocycles. The first kappa shape index (κ1) is 12.4. The van der Waals surface area contributed by atoms with Crippen molar-refractivity contribution in [2.75, 3.05) is 11.9 Å². The molecule has 19 heavy (non-hydrogen) atoms. The van der Waals surface area contributed by atoms with Gasteiger partial charge in [-0.05, 0) is 18.6 Å². The molecule has 0 unspecified atom stereocenters. The maximum atomic E-state index is 12.2. The fraction of sp³-hybridized carbons (Fsp3) is 0.385. The molecule has 0 radical (unpaired) electrons. The molecule has 3 heterocycles. The fourth-order valence-electron chi connectivity index (χ4n) is 2.05. The van der Waals surface area contributed by atoms with Gasteiger partial charge in [0.2, 0.25) is 0 Å². The number of thiophene rings is 1. The Morgan fingerprint density at radius 3 is 3.26 bits per heavy atom. The molecule has 0 aliphatic carbocycles. The second kappa shape index (κ2) is 5.14. The van der Waals surface area contributed by atoms with Gasteiger partial charge in [-0.25, -0.2) is 0 Å². The molecule has 5 nitrogen and oxygen atoms in total. The predicted molar refractivity (Wildman–Crippen MR) is 73.5 cm³/mol. The van der Waals surface area contributed by atoms with Crippen LogP contribution in [-0.2, 0) is 24.3 Å². The standard InChI is InChI=1S/C13H15N3O2S/c1-2-16-7-10(6-14-16)15-13(17)12-5-9-8-18-4-3-11(9)19-12/h5-7H,2-4,8H2,1H3,(H,15,17). The fourth-order valence-corrected chi connectivity index (χ4v) is 3.10. The van der Waals surface area contributed by atoms with Crippen LogP contribution in [-0.4, -0.2) is 22.3 Å².